The van der Waals surface area contributed by atoms with Crippen molar-refractivity contribution >= 4 is 19.8 Å². The Hall–Kier alpha value is -3.07. The molecule has 2 unspecified atom stereocenters. The van der Waals surface area contributed by atoms with Crippen LogP contribution in [-0.2, 0) is 32.7 Å². The number of allylic oxidation sites excluding steroid dienone is 16. The Balaban J connectivity index is 3.90. The van der Waals surface area contributed by atoms with E-state index in [0.29, 0.717) is 6.42 Å². The summed E-state index contributed by atoms with van der Waals surface area (Å²) in [4.78, 5) is 35.4. The number of carbonyl (C=O) groups excluding carboxylic acids is 2. The third-order valence-electron chi connectivity index (χ3n) is 15.2. The Kier molecular flexibility index (Phi) is 66.5. The number of ether oxygens (including phenoxy) is 2. The van der Waals surface area contributed by atoms with Gasteiger partial charge in [0.05, 0.1) is 13.2 Å². The first-order valence-electron chi connectivity index (χ1n) is 35.2. The van der Waals surface area contributed by atoms with Crippen LogP contribution in [0.25, 0.3) is 0 Å². The van der Waals surface area contributed by atoms with Crippen molar-refractivity contribution in [1.29, 1.82) is 0 Å². The first kappa shape index (κ1) is 80.9. The Morgan fingerprint density at radius 2 is 0.655 bits per heavy atom. The van der Waals surface area contributed by atoms with Crippen molar-refractivity contribution in [2.24, 2.45) is 5.73 Å². The second kappa shape index (κ2) is 69.0. The Bertz CT molecular complexity index is 1700. The van der Waals surface area contributed by atoms with Crippen LogP contribution in [0.4, 0.5) is 0 Å². The van der Waals surface area contributed by atoms with E-state index in [0.717, 1.165) is 96.3 Å². The van der Waals surface area contributed by atoms with Crippen LogP contribution in [0.3, 0.4) is 0 Å². The summed E-state index contributed by atoms with van der Waals surface area (Å²) in [6.07, 6.45) is 93.6. The summed E-state index contributed by atoms with van der Waals surface area (Å²) < 4.78 is 33.2. The average molecular weight is 1190 g/mol. The molecule has 0 aliphatic rings. The average Bonchev–Trinajstić information content (AvgIpc) is 3.58. The molecule has 0 aromatic carbocycles. The summed E-state index contributed by atoms with van der Waals surface area (Å²) in [5, 5.41) is 0. The van der Waals surface area contributed by atoms with Crippen molar-refractivity contribution < 1.29 is 37.6 Å². The highest BCUT2D eigenvalue weighted by molar-refractivity contribution is 7.47. The van der Waals surface area contributed by atoms with Crippen LogP contribution in [0.5, 0.6) is 0 Å². The van der Waals surface area contributed by atoms with E-state index in [-0.39, 0.29) is 38.6 Å². The standard InChI is InChI=1S/C74H132NO8P/c1-3-5-7-9-11-13-15-17-19-21-23-25-27-29-31-33-34-35-36-37-38-39-41-43-45-47-49-51-53-55-57-59-61-63-65-67-74(77)83-72(71-82-84(78,79)81-69-68-75)70-80-73(76)66-64-62-60-58-56-54-52-50-48-46-44-42-40-32-30-28-26-24-22-20-18-16-14-12-10-8-6-4-2/h5,7,11,13,17,19,23,25,29,31,34-35,37-38,41,43,72H,3-4,6,8-10,12,14-16,18,20-22,24,26-28,30,32-33,36,39-40,42,44-71,75H2,1-2H3,(H,78,79)/b7-5-,13-11-,19-17-,25-23-,31-29-,35-34-,38-37-,43-41-. The predicted molar refractivity (Wildman–Crippen MR) is 362 cm³/mol. The lowest BCUT2D eigenvalue weighted by atomic mass is 10.0. The largest absolute Gasteiger partial charge is 0.472 e. The second-order valence-corrected chi connectivity index (χ2v) is 24.8. The summed E-state index contributed by atoms with van der Waals surface area (Å²) in [5.41, 5.74) is 5.40. The number of unbranched alkanes of at least 4 members (excludes halogenated alkanes) is 37. The fourth-order valence-corrected chi connectivity index (χ4v) is 10.8. The Morgan fingerprint density at radius 1 is 0.369 bits per heavy atom. The molecular formula is C74H132NO8P. The van der Waals surface area contributed by atoms with E-state index < -0.39 is 26.5 Å². The summed E-state index contributed by atoms with van der Waals surface area (Å²) in [5.74, 6) is -0.822. The highest BCUT2D eigenvalue weighted by Gasteiger charge is 2.26. The van der Waals surface area contributed by atoms with E-state index >= 15 is 0 Å². The van der Waals surface area contributed by atoms with Crippen molar-refractivity contribution in [3.8, 4) is 0 Å². The normalized spacial score (nSPS) is 13.5. The summed E-state index contributed by atoms with van der Waals surface area (Å²) >= 11 is 0. The molecule has 0 heterocycles. The van der Waals surface area contributed by atoms with Gasteiger partial charge in [0, 0.05) is 19.4 Å². The number of rotatable bonds is 66. The topological polar surface area (TPSA) is 134 Å². The number of nitrogens with two attached hydrogens (primary N) is 1. The van der Waals surface area contributed by atoms with Gasteiger partial charge in [0.2, 0.25) is 0 Å². The molecule has 0 aliphatic carbocycles. The van der Waals surface area contributed by atoms with Crippen molar-refractivity contribution in [2.45, 2.75) is 335 Å². The van der Waals surface area contributed by atoms with Gasteiger partial charge >= 0.3 is 19.8 Å². The van der Waals surface area contributed by atoms with Crippen molar-refractivity contribution in [1.82, 2.24) is 0 Å². The molecule has 0 saturated carbocycles. The lowest BCUT2D eigenvalue weighted by Gasteiger charge is -2.19. The minimum absolute atomic E-state index is 0.0505. The van der Waals surface area contributed by atoms with Crippen LogP contribution < -0.4 is 5.73 Å². The quantitative estimate of drug-likeness (QED) is 0.0264. The van der Waals surface area contributed by atoms with Crippen LogP contribution in [0.2, 0.25) is 0 Å². The monoisotopic (exact) mass is 1190 g/mol. The number of hydrogen-bond donors (Lipinski definition) is 2. The lowest BCUT2D eigenvalue weighted by molar-refractivity contribution is -0.161. The summed E-state index contributed by atoms with van der Waals surface area (Å²) in [6, 6.07) is 0. The van der Waals surface area contributed by atoms with Gasteiger partial charge in [0.1, 0.15) is 6.61 Å². The van der Waals surface area contributed by atoms with Gasteiger partial charge in [-0.15, -0.1) is 0 Å². The van der Waals surface area contributed by atoms with Gasteiger partial charge in [0.15, 0.2) is 6.10 Å². The van der Waals surface area contributed by atoms with E-state index in [1.807, 2.05) is 0 Å². The molecule has 3 N–H and O–H groups in total. The SMILES string of the molecule is CC/C=C\C/C=C\C/C=C\C/C=C\C/C=C\C/C=C\C/C=C\C/C=C\CCCCCCCCCCCCC(=O)OC(COC(=O)CCCCCCCCCCCCCCCCCCCCCCCCCCCCCC)COP(=O)(O)OCCN. The van der Waals surface area contributed by atoms with Crippen LogP contribution in [-0.4, -0.2) is 49.3 Å². The molecule has 10 heteroatoms. The zero-order valence-corrected chi connectivity index (χ0v) is 55.5. The molecule has 0 aliphatic heterocycles. The Labute approximate surface area is 518 Å². The predicted octanol–water partition coefficient (Wildman–Crippen LogP) is 23.1. The molecule has 0 aromatic rings. The number of esters is 2. The summed E-state index contributed by atoms with van der Waals surface area (Å²) in [7, 11) is -4.40. The smallest absolute Gasteiger partial charge is 0.462 e. The molecule has 0 amide bonds. The fourth-order valence-electron chi connectivity index (χ4n) is 10.1. The van der Waals surface area contributed by atoms with Crippen molar-refractivity contribution in [3.05, 3.63) is 97.2 Å². The lowest BCUT2D eigenvalue weighted by Crippen LogP contribution is -2.29. The van der Waals surface area contributed by atoms with E-state index in [4.69, 9.17) is 24.3 Å². The maximum absolute atomic E-state index is 12.8. The molecule has 0 rings (SSSR count). The van der Waals surface area contributed by atoms with Crippen LogP contribution in [0.15, 0.2) is 97.2 Å². The van der Waals surface area contributed by atoms with Crippen LogP contribution in [0, 0.1) is 0 Å². The van der Waals surface area contributed by atoms with Crippen molar-refractivity contribution in [3.63, 3.8) is 0 Å². The zero-order valence-electron chi connectivity index (χ0n) is 54.6. The van der Waals surface area contributed by atoms with Gasteiger partial charge in [-0.3, -0.25) is 18.6 Å². The molecule has 84 heavy (non-hydrogen) atoms. The van der Waals surface area contributed by atoms with Gasteiger partial charge < -0.3 is 20.1 Å². The number of hydrogen-bond acceptors (Lipinski definition) is 8. The van der Waals surface area contributed by atoms with Gasteiger partial charge in [-0.1, -0.05) is 336 Å². The summed E-state index contributed by atoms with van der Waals surface area (Å²) in [6.45, 7) is 3.67. The molecule has 0 fully saturated rings. The minimum Gasteiger partial charge on any atom is -0.462 e. The minimum atomic E-state index is -4.40. The molecule has 0 saturated heterocycles. The van der Waals surface area contributed by atoms with Crippen molar-refractivity contribution in [2.75, 3.05) is 26.4 Å². The molecule has 0 bridgehead atoms. The fraction of sp³-hybridized carbons (Fsp3) is 0.757. The molecular weight excluding hydrogens is 1060 g/mol. The third kappa shape index (κ3) is 68.0. The highest BCUT2D eigenvalue weighted by atomic mass is 31.2. The molecule has 0 spiro atoms. The molecule has 486 valence electrons. The maximum atomic E-state index is 12.8. The first-order valence-corrected chi connectivity index (χ1v) is 36.7. The van der Waals surface area contributed by atoms with Crippen LogP contribution >= 0.6 is 7.82 Å². The number of phosphoric acid groups is 1. The second-order valence-electron chi connectivity index (χ2n) is 23.4. The molecule has 0 aromatic heterocycles. The highest BCUT2D eigenvalue weighted by Crippen LogP contribution is 2.43. The number of carbonyl (C=O) groups is 2. The maximum Gasteiger partial charge on any atom is 0.472 e. The van der Waals surface area contributed by atoms with E-state index in [1.54, 1.807) is 0 Å². The van der Waals surface area contributed by atoms with Crippen LogP contribution in [0.1, 0.15) is 328 Å². The van der Waals surface area contributed by atoms with E-state index in [1.165, 1.54) is 199 Å². The molecule has 0 radical (unpaired) electrons. The van der Waals surface area contributed by atoms with E-state index in [9.17, 15) is 19.0 Å². The molecule has 9 nitrogen and oxygen atoms in total. The number of phosphoric ester groups is 1. The van der Waals surface area contributed by atoms with Gasteiger partial charge in [-0.25, -0.2) is 4.57 Å². The van der Waals surface area contributed by atoms with E-state index in [2.05, 4.69) is 111 Å². The third-order valence-corrected chi connectivity index (χ3v) is 16.2. The first-order chi connectivity index (χ1) is 41.3. The molecule has 2 atom stereocenters. The Morgan fingerprint density at radius 3 is 0.976 bits per heavy atom. The van der Waals surface area contributed by atoms with Gasteiger partial charge in [-0.05, 0) is 77.0 Å². The zero-order chi connectivity index (χ0) is 60.9. The van der Waals surface area contributed by atoms with Gasteiger partial charge in [-0.2, -0.15) is 0 Å². The van der Waals surface area contributed by atoms with Gasteiger partial charge in [0.25, 0.3) is 0 Å².